The van der Waals surface area contributed by atoms with Crippen molar-refractivity contribution < 1.29 is 19.4 Å². The van der Waals surface area contributed by atoms with Gasteiger partial charge in [-0.25, -0.2) is 4.79 Å². The van der Waals surface area contributed by atoms with Crippen LogP contribution >= 0.6 is 0 Å². The van der Waals surface area contributed by atoms with Crippen molar-refractivity contribution in [3.63, 3.8) is 0 Å². The van der Waals surface area contributed by atoms with E-state index in [2.05, 4.69) is 10.3 Å². The number of aromatic nitrogens is 1. The summed E-state index contributed by atoms with van der Waals surface area (Å²) in [4.78, 5) is 28.8. The number of hydrogen-bond acceptors (Lipinski definition) is 5. The number of carboxylic acid groups (broad SMARTS) is 1. The van der Waals surface area contributed by atoms with Crippen molar-refractivity contribution in [3.8, 4) is 0 Å². The predicted octanol–water partition coefficient (Wildman–Crippen LogP) is 1.42. The predicted molar refractivity (Wildman–Crippen MR) is 79.3 cm³/mol. The standard InChI is InChI=1S/C15H21N3O4/c1-15(2,3)22-14(21)17-11-8-18(9-11)12(13(19)20)10-4-6-16-7-5-10/h4-7,11-12H,8-9H2,1-3H3,(H,17,21)(H,19,20)/t12-/m0/s1. The van der Waals surface area contributed by atoms with Gasteiger partial charge in [0.25, 0.3) is 0 Å². The van der Waals surface area contributed by atoms with Crippen molar-refractivity contribution in [1.29, 1.82) is 0 Å². The van der Waals surface area contributed by atoms with Gasteiger partial charge >= 0.3 is 12.1 Å². The maximum Gasteiger partial charge on any atom is 0.407 e. The Balaban J connectivity index is 1.89. The lowest BCUT2D eigenvalue weighted by atomic mass is 10.00. The van der Waals surface area contributed by atoms with Crippen LogP contribution in [0.15, 0.2) is 24.5 Å². The van der Waals surface area contributed by atoms with Crippen molar-refractivity contribution in [1.82, 2.24) is 15.2 Å². The normalized spacial score (nSPS) is 17.4. The van der Waals surface area contributed by atoms with Gasteiger partial charge in [0.05, 0.1) is 6.04 Å². The minimum Gasteiger partial charge on any atom is -0.480 e. The van der Waals surface area contributed by atoms with Gasteiger partial charge in [-0.2, -0.15) is 0 Å². The molecule has 0 bridgehead atoms. The Kier molecular flexibility index (Phi) is 4.65. The van der Waals surface area contributed by atoms with Crippen LogP contribution in [0.4, 0.5) is 4.79 Å². The Bertz CT molecular complexity index is 535. The Morgan fingerprint density at radius 3 is 2.45 bits per heavy atom. The molecule has 1 atom stereocenters. The highest BCUT2D eigenvalue weighted by atomic mass is 16.6. The van der Waals surface area contributed by atoms with E-state index in [-0.39, 0.29) is 6.04 Å². The fourth-order valence-electron chi connectivity index (χ4n) is 2.34. The SMILES string of the molecule is CC(C)(C)OC(=O)NC1CN([C@H](C(=O)O)c2ccncc2)C1. The summed E-state index contributed by atoms with van der Waals surface area (Å²) in [5.41, 5.74) is 0.131. The van der Waals surface area contributed by atoms with Crippen molar-refractivity contribution in [3.05, 3.63) is 30.1 Å². The second-order valence-electron chi connectivity index (χ2n) is 6.32. The lowest BCUT2D eigenvalue weighted by Crippen LogP contribution is -2.61. The van der Waals surface area contributed by atoms with Gasteiger partial charge in [-0.15, -0.1) is 0 Å². The number of nitrogens with zero attached hydrogens (tertiary/aromatic N) is 2. The summed E-state index contributed by atoms with van der Waals surface area (Å²) >= 11 is 0. The second-order valence-corrected chi connectivity index (χ2v) is 6.32. The van der Waals surface area contributed by atoms with Gasteiger partial charge in [-0.3, -0.25) is 14.7 Å². The summed E-state index contributed by atoms with van der Waals surface area (Å²) in [7, 11) is 0. The quantitative estimate of drug-likeness (QED) is 0.874. The number of alkyl carbamates (subject to hydrolysis) is 1. The van der Waals surface area contributed by atoms with Crippen molar-refractivity contribution in [2.24, 2.45) is 0 Å². The molecular formula is C15H21N3O4. The van der Waals surface area contributed by atoms with E-state index in [1.165, 1.54) is 0 Å². The minimum absolute atomic E-state index is 0.0986. The average Bonchev–Trinajstić information content (AvgIpc) is 2.34. The molecule has 0 spiro atoms. The summed E-state index contributed by atoms with van der Waals surface area (Å²) in [6, 6.07) is 2.55. The van der Waals surface area contributed by atoms with Gasteiger partial charge in [-0.05, 0) is 38.5 Å². The Hall–Kier alpha value is -2.15. The van der Waals surface area contributed by atoms with Gasteiger partial charge in [-0.1, -0.05) is 0 Å². The highest BCUT2D eigenvalue weighted by molar-refractivity contribution is 5.76. The number of amides is 1. The van der Waals surface area contributed by atoms with Crippen LogP contribution in [-0.4, -0.2) is 51.8 Å². The van der Waals surface area contributed by atoms with Crippen LogP contribution in [0.1, 0.15) is 32.4 Å². The first-order chi connectivity index (χ1) is 10.3. The third-order valence-corrected chi connectivity index (χ3v) is 3.25. The Morgan fingerprint density at radius 1 is 1.36 bits per heavy atom. The van der Waals surface area contributed by atoms with E-state index in [1.54, 1.807) is 50.2 Å². The van der Waals surface area contributed by atoms with E-state index in [4.69, 9.17) is 4.74 Å². The molecule has 1 aromatic rings. The second kappa shape index (κ2) is 6.31. The molecule has 1 saturated heterocycles. The zero-order valence-electron chi connectivity index (χ0n) is 12.9. The molecule has 0 aliphatic carbocycles. The van der Waals surface area contributed by atoms with Crippen molar-refractivity contribution >= 4 is 12.1 Å². The smallest absolute Gasteiger partial charge is 0.407 e. The molecule has 0 unspecified atom stereocenters. The van der Waals surface area contributed by atoms with Crippen LogP contribution in [0.3, 0.4) is 0 Å². The summed E-state index contributed by atoms with van der Waals surface area (Å²) in [5, 5.41) is 12.1. The highest BCUT2D eigenvalue weighted by Crippen LogP contribution is 2.26. The van der Waals surface area contributed by atoms with E-state index >= 15 is 0 Å². The molecule has 1 aliphatic heterocycles. The first-order valence-corrected chi connectivity index (χ1v) is 7.12. The van der Waals surface area contributed by atoms with Gasteiger partial charge < -0.3 is 15.2 Å². The molecule has 0 radical (unpaired) electrons. The van der Waals surface area contributed by atoms with Gasteiger partial charge in [0.15, 0.2) is 0 Å². The van der Waals surface area contributed by atoms with Crippen LogP contribution in [-0.2, 0) is 9.53 Å². The molecule has 1 aliphatic rings. The molecule has 1 fully saturated rings. The van der Waals surface area contributed by atoms with Crippen LogP contribution in [0.5, 0.6) is 0 Å². The summed E-state index contributed by atoms with van der Waals surface area (Å²) < 4.78 is 5.18. The molecule has 120 valence electrons. The number of nitrogens with one attached hydrogen (secondary N) is 1. The molecule has 1 aromatic heterocycles. The number of hydrogen-bond donors (Lipinski definition) is 2. The topological polar surface area (TPSA) is 91.8 Å². The maximum atomic E-state index is 11.7. The van der Waals surface area contributed by atoms with Gasteiger partial charge in [0, 0.05) is 25.5 Å². The molecule has 2 heterocycles. The zero-order valence-corrected chi connectivity index (χ0v) is 12.9. The van der Waals surface area contributed by atoms with E-state index in [0.29, 0.717) is 18.7 Å². The zero-order chi connectivity index (χ0) is 16.3. The fraction of sp³-hybridized carbons (Fsp3) is 0.533. The molecule has 7 nitrogen and oxygen atoms in total. The highest BCUT2D eigenvalue weighted by Gasteiger charge is 2.38. The molecule has 2 rings (SSSR count). The van der Waals surface area contributed by atoms with E-state index in [9.17, 15) is 14.7 Å². The number of pyridine rings is 1. The van der Waals surface area contributed by atoms with Crippen molar-refractivity contribution in [2.45, 2.75) is 38.5 Å². The molecule has 2 N–H and O–H groups in total. The molecule has 1 amide bonds. The van der Waals surface area contributed by atoms with Crippen molar-refractivity contribution in [2.75, 3.05) is 13.1 Å². The number of rotatable bonds is 4. The first-order valence-electron chi connectivity index (χ1n) is 7.12. The fourth-order valence-corrected chi connectivity index (χ4v) is 2.34. The molecule has 22 heavy (non-hydrogen) atoms. The molecular weight excluding hydrogens is 286 g/mol. The van der Waals surface area contributed by atoms with Crippen LogP contribution in [0, 0.1) is 0 Å². The largest absolute Gasteiger partial charge is 0.480 e. The molecule has 0 saturated carbocycles. The number of likely N-dealkylation sites (tertiary alicyclic amines) is 1. The lowest BCUT2D eigenvalue weighted by molar-refractivity contribution is -0.145. The maximum absolute atomic E-state index is 11.7. The van der Waals surface area contributed by atoms with Gasteiger partial charge in [0.1, 0.15) is 11.6 Å². The van der Waals surface area contributed by atoms with Gasteiger partial charge in [0.2, 0.25) is 0 Å². The summed E-state index contributed by atoms with van der Waals surface area (Å²) in [6.07, 6.45) is 2.66. The monoisotopic (exact) mass is 307 g/mol. The average molecular weight is 307 g/mol. The van der Waals surface area contributed by atoms with Crippen LogP contribution < -0.4 is 5.32 Å². The Morgan fingerprint density at radius 2 is 1.95 bits per heavy atom. The van der Waals surface area contributed by atoms with E-state index in [1.807, 2.05) is 0 Å². The molecule has 7 heteroatoms. The number of aliphatic carboxylic acids is 1. The number of ether oxygens (including phenoxy) is 1. The van der Waals surface area contributed by atoms with Crippen LogP contribution in [0.25, 0.3) is 0 Å². The number of carboxylic acids is 1. The number of carbonyl (C=O) groups excluding carboxylic acids is 1. The minimum atomic E-state index is -0.915. The number of carbonyl (C=O) groups is 2. The van der Waals surface area contributed by atoms with E-state index in [0.717, 1.165) is 0 Å². The third kappa shape index (κ3) is 4.17. The lowest BCUT2D eigenvalue weighted by Gasteiger charge is -2.42. The Labute approximate surface area is 129 Å². The summed E-state index contributed by atoms with van der Waals surface area (Å²) in [5.74, 6) is -0.915. The summed E-state index contributed by atoms with van der Waals surface area (Å²) in [6.45, 7) is 6.33. The van der Waals surface area contributed by atoms with Crippen LogP contribution in [0.2, 0.25) is 0 Å². The first kappa shape index (κ1) is 16.2. The van der Waals surface area contributed by atoms with E-state index < -0.39 is 23.7 Å². The molecule has 0 aromatic carbocycles. The third-order valence-electron chi connectivity index (χ3n) is 3.25.